The number of rotatable bonds is 6. The summed E-state index contributed by atoms with van der Waals surface area (Å²) >= 11 is 0. The molecule has 0 aliphatic carbocycles. The maximum atomic E-state index is 12.3. The number of carbonyl (C=O) groups excluding carboxylic acids is 1. The zero-order valence-corrected chi connectivity index (χ0v) is 16.1. The molecule has 2 aromatic rings. The molecule has 2 rings (SSSR count). The maximum absolute atomic E-state index is 12.3. The minimum Gasteiger partial charge on any atom is -0.483 e. The molecule has 0 spiro atoms. The molecule has 0 saturated heterocycles. The van der Waals surface area contributed by atoms with Crippen molar-refractivity contribution in [3.63, 3.8) is 0 Å². The van der Waals surface area contributed by atoms with Gasteiger partial charge in [0.2, 0.25) is 10.0 Å². The van der Waals surface area contributed by atoms with E-state index in [1.807, 2.05) is 32.0 Å². The van der Waals surface area contributed by atoms with Crippen LogP contribution in [0.2, 0.25) is 0 Å². The summed E-state index contributed by atoms with van der Waals surface area (Å²) < 4.78 is 28.8. The van der Waals surface area contributed by atoms with Gasteiger partial charge in [-0.2, -0.15) is 0 Å². The molecule has 0 radical (unpaired) electrons. The molecule has 0 saturated carbocycles. The largest absolute Gasteiger partial charge is 0.483 e. The van der Waals surface area contributed by atoms with Crippen molar-refractivity contribution in [2.75, 3.05) is 30.9 Å². The lowest BCUT2D eigenvalue weighted by Crippen LogP contribution is -2.23. The van der Waals surface area contributed by atoms with E-state index in [-0.39, 0.29) is 11.5 Å². The lowest BCUT2D eigenvalue weighted by molar-refractivity contribution is -0.118. The highest BCUT2D eigenvalue weighted by atomic mass is 32.2. The second-order valence-electron chi connectivity index (χ2n) is 6.18. The van der Waals surface area contributed by atoms with Gasteiger partial charge < -0.3 is 15.0 Å². The zero-order valence-electron chi connectivity index (χ0n) is 15.2. The first-order valence-corrected chi connectivity index (χ1v) is 9.47. The Kier molecular flexibility index (Phi) is 5.89. The molecule has 0 fully saturated rings. The van der Waals surface area contributed by atoms with E-state index in [4.69, 9.17) is 9.88 Å². The highest BCUT2D eigenvalue weighted by molar-refractivity contribution is 7.89. The van der Waals surface area contributed by atoms with Crippen molar-refractivity contribution in [1.82, 2.24) is 0 Å². The Morgan fingerprint density at radius 3 is 2.31 bits per heavy atom. The smallest absolute Gasteiger partial charge is 0.262 e. The van der Waals surface area contributed by atoms with Crippen LogP contribution in [0.25, 0.3) is 0 Å². The number of nitrogens with zero attached hydrogens (tertiary/aromatic N) is 1. The lowest BCUT2D eigenvalue weighted by atomic mass is 10.1. The fourth-order valence-electron chi connectivity index (χ4n) is 2.53. The van der Waals surface area contributed by atoms with Crippen LogP contribution in [-0.4, -0.2) is 35.0 Å². The zero-order chi connectivity index (χ0) is 19.5. The van der Waals surface area contributed by atoms with E-state index in [0.29, 0.717) is 17.1 Å². The van der Waals surface area contributed by atoms with Crippen molar-refractivity contribution in [3.05, 3.63) is 47.5 Å². The lowest BCUT2D eigenvalue weighted by Gasteiger charge is -2.19. The number of amides is 1. The molecule has 8 heteroatoms. The van der Waals surface area contributed by atoms with Crippen LogP contribution in [-0.2, 0) is 14.8 Å². The summed E-state index contributed by atoms with van der Waals surface area (Å²) in [6, 6.07) is 10.0. The third kappa shape index (κ3) is 4.74. The van der Waals surface area contributed by atoms with Crippen LogP contribution < -0.4 is 20.1 Å². The number of carbonyl (C=O) groups is 1. The SMILES string of the molecule is Cc1cccc(C)c1OCC(=O)Nc1cc(S(N)(=O)=O)ccc1N(C)C. The summed E-state index contributed by atoms with van der Waals surface area (Å²) in [5.74, 6) is 0.260. The van der Waals surface area contributed by atoms with Gasteiger partial charge in [-0.3, -0.25) is 4.79 Å². The number of nitrogens with two attached hydrogens (primary N) is 1. The van der Waals surface area contributed by atoms with Gasteiger partial charge >= 0.3 is 0 Å². The molecule has 3 N–H and O–H groups in total. The predicted molar refractivity (Wildman–Crippen MR) is 102 cm³/mol. The highest BCUT2D eigenvalue weighted by Crippen LogP contribution is 2.27. The van der Waals surface area contributed by atoms with Crippen LogP contribution in [0.4, 0.5) is 11.4 Å². The van der Waals surface area contributed by atoms with Gasteiger partial charge in [-0.25, -0.2) is 13.6 Å². The van der Waals surface area contributed by atoms with E-state index in [2.05, 4.69) is 5.32 Å². The van der Waals surface area contributed by atoms with Crippen molar-refractivity contribution >= 4 is 27.3 Å². The Labute approximate surface area is 153 Å². The van der Waals surface area contributed by atoms with Crippen molar-refractivity contribution in [2.45, 2.75) is 18.7 Å². The van der Waals surface area contributed by atoms with Crippen molar-refractivity contribution in [3.8, 4) is 5.75 Å². The van der Waals surface area contributed by atoms with Crippen molar-refractivity contribution in [2.24, 2.45) is 5.14 Å². The molecule has 0 aliphatic rings. The normalized spacial score (nSPS) is 11.1. The van der Waals surface area contributed by atoms with E-state index >= 15 is 0 Å². The second-order valence-corrected chi connectivity index (χ2v) is 7.74. The fraction of sp³-hybridized carbons (Fsp3) is 0.278. The number of ether oxygens (including phenoxy) is 1. The summed E-state index contributed by atoms with van der Waals surface area (Å²) in [6.45, 7) is 3.61. The van der Waals surface area contributed by atoms with E-state index in [9.17, 15) is 13.2 Å². The average Bonchev–Trinajstić information content (AvgIpc) is 2.53. The number of benzene rings is 2. The van der Waals surface area contributed by atoms with Crippen molar-refractivity contribution in [1.29, 1.82) is 0 Å². The Bertz CT molecular complexity index is 904. The Morgan fingerprint density at radius 2 is 1.77 bits per heavy atom. The summed E-state index contributed by atoms with van der Waals surface area (Å²) in [6.07, 6.45) is 0. The van der Waals surface area contributed by atoms with E-state index in [1.54, 1.807) is 25.1 Å². The van der Waals surface area contributed by atoms with Crippen molar-refractivity contribution < 1.29 is 17.9 Å². The number of nitrogens with one attached hydrogen (secondary N) is 1. The van der Waals surface area contributed by atoms with Gasteiger partial charge in [0.15, 0.2) is 6.61 Å². The molecule has 0 aliphatic heterocycles. The Morgan fingerprint density at radius 1 is 1.15 bits per heavy atom. The molecule has 0 aromatic heterocycles. The maximum Gasteiger partial charge on any atom is 0.262 e. The first-order valence-electron chi connectivity index (χ1n) is 7.92. The summed E-state index contributed by atoms with van der Waals surface area (Å²) in [5, 5.41) is 7.86. The topological polar surface area (TPSA) is 102 Å². The molecule has 140 valence electrons. The Balaban J connectivity index is 2.20. The molecular weight excluding hydrogens is 354 g/mol. The third-order valence-electron chi connectivity index (χ3n) is 3.81. The second kappa shape index (κ2) is 7.76. The van der Waals surface area contributed by atoms with Crippen LogP contribution in [0.5, 0.6) is 5.75 Å². The molecular formula is C18H23N3O4S. The van der Waals surface area contributed by atoms with Gasteiger partial charge in [-0.15, -0.1) is 0 Å². The average molecular weight is 377 g/mol. The van der Waals surface area contributed by atoms with Crippen LogP contribution in [0, 0.1) is 13.8 Å². The molecule has 0 unspecified atom stereocenters. The standard InChI is InChI=1S/C18H23N3O4S/c1-12-6-5-7-13(2)18(12)25-11-17(22)20-15-10-14(26(19,23)24)8-9-16(15)21(3)4/h5-10H,11H2,1-4H3,(H,20,22)(H2,19,23,24). The minimum atomic E-state index is -3.87. The molecule has 0 atom stereocenters. The first-order chi connectivity index (χ1) is 12.1. The summed E-state index contributed by atoms with van der Waals surface area (Å²) in [7, 11) is -0.298. The first kappa shape index (κ1) is 19.7. The Hall–Kier alpha value is -2.58. The fourth-order valence-corrected chi connectivity index (χ4v) is 3.07. The number of anilines is 2. The number of aryl methyl sites for hydroxylation is 2. The molecule has 2 aromatic carbocycles. The van der Waals surface area contributed by atoms with Crippen LogP contribution >= 0.6 is 0 Å². The minimum absolute atomic E-state index is 0.0749. The monoisotopic (exact) mass is 377 g/mol. The van der Waals surface area contributed by atoms with Gasteiger partial charge in [0.25, 0.3) is 5.91 Å². The van der Waals surface area contributed by atoms with Gasteiger partial charge in [0, 0.05) is 14.1 Å². The number of hydrogen-bond donors (Lipinski definition) is 2. The predicted octanol–water partition coefficient (Wildman–Crippen LogP) is 2.03. The third-order valence-corrected chi connectivity index (χ3v) is 4.72. The number of hydrogen-bond acceptors (Lipinski definition) is 5. The summed E-state index contributed by atoms with van der Waals surface area (Å²) in [4.78, 5) is 14.0. The van der Waals surface area contributed by atoms with Crippen LogP contribution in [0.1, 0.15) is 11.1 Å². The molecule has 0 heterocycles. The van der Waals surface area contributed by atoms with E-state index < -0.39 is 15.9 Å². The summed E-state index contributed by atoms with van der Waals surface area (Å²) in [5.41, 5.74) is 2.86. The van der Waals surface area contributed by atoms with Crippen LogP contribution in [0.3, 0.4) is 0 Å². The molecule has 0 bridgehead atoms. The van der Waals surface area contributed by atoms with Gasteiger partial charge in [0.05, 0.1) is 16.3 Å². The molecule has 26 heavy (non-hydrogen) atoms. The molecule has 7 nitrogen and oxygen atoms in total. The number of para-hydroxylation sites is 1. The van der Waals surface area contributed by atoms with Crippen LogP contribution in [0.15, 0.2) is 41.3 Å². The highest BCUT2D eigenvalue weighted by Gasteiger charge is 2.15. The van der Waals surface area contributed by atoms with E-state index in [0.717, 1.165) is 11.1 Å². The van der Waals surface area contributed by atoms with Gasteiger partial charge in [0.1, 0.15) is 5.75 Å². The van der Waals surface area contributed by atoms with E-state index in [1.165, 1.54) is 12.1 Å². The number of sulfonamides is 1. The van der Waals surface area contributed by atoms with Gasteiger partial charge in [-0.05, 0) is 43.2 Å². The van der Waals surface area contributed by atoms with Gasteiger partial charge in [-0.1, -0.05) is 18.2 Å². The number of primary sulfonamides is 1. The quantitative estimate of drug-likeness (QED) is 0.802. The molecule has 1 amide bonds.